The average molecular weight is 339 g/mol. The lowest BCUT2D eigenvalue weighted by atomic mass is 10.1. The summed E-state index contributed by atoms with van der Waals surface area (Å²) < 4.78 is 5.81. The Kier molecular flexibility index (Phi) is 6.42. The van der Waals surface area contributed by atoms with Crippen molar-refractivity contribution in [1.29, 1.82) is 0 Å². The molecule has 1 fully saturated rings. The van der Waals surface area contributed by atoms with Gasteiger partial charge in [0.1, 0.15) is 12.4 Å². The highest BCUT2D eigenvalue weighted by atomic mass is 16.5. The van der Waals surface area contributed by atoms with Crippen molar-refractivity contribution in [2.45, 2.75) is 27.0 Å². The quantitative estimate of drug-likeness (QED) is 0.773. The highest BCUT2D eigenvalue weighted by molar-refractivity contribution is 5.27. The van der Waals surface area contributed by atoms with E-state index in [1.165, 1.54) is 25.2 Å². The van der Waals surface area contributed by atoms with Gasteiger partial charge in [-0.1, -0.05) is 32.0 Å². The molecule has 0 unspecified atom stereocenters. The van der Waals surface area contributed by atoms with E-state index in [-0.39, 0.29) is 0 Å². The van der Waals surface area contributed by atoms with Gasteiger partial charge in [-0.3, -0.25) is 9.88 Å². The lowest BCUT2D eigenvalue weighted by Crippen LogP contribution is -2.46. The van der Waals surface area contributed by atoms with Crippen molar-refractivity contribution in [2.24, 2.45) is 5.92 Å². The van der Waals surface area contributed by atoms with Crippen LogP contribution >= 0.6 is 0 Å². The first-order chi connectivity index (χ1) is 12.2. The number of rotatable bonds is 7. The highest BCUT2D eigenvalue weighted by Crippen LogP contribution is 2.16. The lowest BCUT2D eigenvalue weighted by Gasteiger charge is -2.35. The number of pyridine rings is 1. The maximum atomic E-state index is 5.81. The number of ether oxygens (including phenoxy) is 1. The summed E-state index contributed by atoms with van der Waals surface area (Å²) in [6.45, 7) is 12.0. The zero-order valence-corrected chi connectivity index (χ0v) is 15.4. The van der Waals surface area contributed by atoms with E-state index < -0.39 is 0 Å². The predicted octanol–water partition coefficient (Wildman–Crippen LogP) is 3.43. The molecular weight excluding hydrogens is 310 g/mol. The number of hydrogen-bond donors (Lipinski definition) is 0. The molecule has 0 bridgehead atoms. The second-order valence-electron chi connectivity index (χ2n) is 7.22. The summed E-state index contributed by atoms with van der Waals surface area (Å²) in [4.78, 5) is 9.40. The smallest absolute Gasteiger partial charge is 0.130 e. The molecule has 0 radical (unpaired) electrons. The van der Waals surface area contributed by atoms with E-state index in [9.17, 15) is 0 Å². The Hall–Kier alpha value is -1.91. The summed E-state index contributed by atoms with van der Waals surface area (Å²) in [7, 11) is 0. The first-order valence-corrected chi connectivity index (χ1v) is 9.25. The molecule has 1 aliphatic rings. The molecule has 2 heterocycles. The number of hydrogen-bond acceptors (Lipinski definition) is 4. The van der Waals surface area contributed by atoms with Gasteiger partial charge in [-0.2, -0.15) is 0 Å². The molecule has 2 aromatic rings. The zero-order chi connectivity index (χ0) is 17.5. The number of aromatic nitrogens is 1. The number of piperazine rings is 1. The van der Waals surface area contributed by atoms with E-state index in [1.54, 1.807) is 6.20 Å². The van der Waals surface area contributed by atoms with Crippen molar-refractivity contribution < 1.29 is 4.74 Å². The van der Waals surface area contributed by atoms with Gasteiger partial charge in [-0.25, -0.2) is 0 Å². The summed E-state index contributed by atoms with van der Waals surface area (Å²) in [6, 6.07) is 14.4. The topological polar surface area (TPSA) is 28.6 Å². The Morgan fingerprint density at radius 1 is 0.960 bits per heavy atom. The van der Waals surface area contributed by atoms with Crippen LogP contribution < -0.4 is 4.74 Å². The Labute approximate surface area is 151 Å². The molecule has 4 heteroatoms. The van der Waals surface area contributed by atoms with Gasteiger partial charge in [-0.05, 0) is 35.7 Å². The van der Waals surface area contributed by atoms with E-state index in [4.69, 9.17) is 4.74 Å². The van der Waals surface area contributed by atoms with Gasteiger partial charge in [0.05, 0.1) is 5.69 Å². The number of nitrogens with zero attached hydrogens (tertiary/aromatic N) is 3. The Bertz CT molecular complexity index is 619. The standard InChI is InChI=1S/C21H29N3O/c1-18(2)15-23-11-13-24(14-12-23)16-19-6-8-21(9-7-19)25-17-20-5-3-4-10-22-20/h3-10,18H,11-17H2,1-2H3. The first-order valence-electron chi connectivity index (χ1n) is 9.25. The molecule has 4 nitrogen and oxygen atoms in total. The maximum absolute atomic E-state index is 5.81. The van der Waals surface area contributed by atoms with Crippen LogP contribution in [0.1, 0.15) is 25.1 Å². The molecule has 0 N–H and O–H groups in total. The van der Waals surface area contributed by atoms with Crippen molar-refractivity contribution in [1.82, 2.24) is 14.8 Å². The van der Waals surface area contributed by atoms with Crippen molar-refractivity contribution in [3.05, 3.63) is 59.9 Å². The second kappa shape index (κ2) is 8.97. The van der Waals surface area contributed by atoms with Crippen LogP contribution in [-0.2, 0) is 13.2 Å². The largest absolute Gasteiger partial charge is 0.487 e. The third kappa shape index (κ3) is 5.83. The van der Waals surface area contributed by atoms with Gasteiger partial charge in [0.15, 0.2) is 0 Å². The van der Waals surface area contributed by atoms with Crippen LogP contribution in [-0.4, -0.2) is 47.5 Å². The van der Waals surface area contributed by atoms with Crippen molar-refractivity contribution in [3.8, 4) is 5.75 Å². The van der Waals surface area contributed by atoms with Crippen LogP contribution in [0.15, 0.2) is 48.7 Å². The van der Waals surface area contributed by atoms with Crippen molar-refractivity contribution in [3.63, 3.8) is 0 Å². The summed E-state index contributed by atoms with van der Waals surface area (Å²) >= 11 is 0. The molecule has 25 heavy (non-hydrogen) atoms. The van der Waals surface area contributed by atoms with E-state index >= 15 is 0 Å². The maximum Gasteiger partial charge on any atom is 0.130 e. The lowest BCUT2D eigenvalue weighted by molar-refractivity contribution is 0.117. The van der Waals surface area contributed by atoms with Crippen LogP contribution in [0.25, 0.3) is 0 Å². The summed E-state index contributed by atoms with van der Waals surface area (Å²) in [5.74, 6) is 1.65. The summed E-state index contributed by atoms with van der Waals surface area (Å²) in [6.07, 6.45) is 1.79. The average Bonchev–Trinajstić information content (AvgIpc) is 2.63. The molecule has 0 aliphatic carbocycles. The molecule has 1 saturated heterocycles. The molecule has 134 valence electrons. The Morgan fingerprint density at radius 2 is 1.68 bits per heavy atom. The molecule has 1 aromatic heterocycles. The van der Waals surface area contributed by atoms with Gasteiger partial charge in [0, 0.05) is 45.5 Å². The van der Waals surface area contributed by atoms with Gasteiger partial charge < -0.3 is 9.64 Å². The Morgan fingerprint density at radius 3 is 2.32 bits per heavy atom. The van der Waals surface area contributed by atoms with Crippen LogP contribution in [0.2, 0.25) is 0 Å². The minimum absolute atomic E-state index is 0.512. The Balaban J connectivity index is 1.43. The van der Waals surface area contributed by atoms with Gasteiger partial charge in [-0.15, -0.1) is 0 Å². The van der Waals surface area contributed by atoms with Gasteiger partial charge in [0.2, 0.25) is 0 Å². The van der Waals surface area contributed by atoms with Gasteiger partial charge >= 0.3 is 0 Å². The first kappa shape index (κ1) is 17.9. The molecule has 0 saturated carbocycles. The van der Waals surface area contributed by atoms with Crippen LogP contribution in [0, 0.1) is 5.92 Å². The fourth-order valence-corrected chi connectivity index (χ4v) is 3.24. The number of benzene rings is 1. The molecule has 1 aromatic carbocycles. The molecule has 1 aliphatic heterocycles. The second-order valence-corrected chi connectivity index (χ2v) is 7.22. The fraction of sp³-hybridized carbons (Fsp3) is 0.476. The summed E-state index contributed by atoms with van der Waals surface area (Å²) in [5.41, 5.74) is 2.30. The molecule has 0 spiro atoms. The monoisotopic (exact) mass is 339 g/mol. The van der Waals surface area contributed by atoms with Crippen molar-refractivity contribution >= 4 is 0 Å². The molecule has 3 rings (SSSR count). The summed E-state index contributed by atoms with van der Waals surface area (Å²) in [5, 5.41) is 0. The van der Waals surface area contributed by atoms with E-state index in [0.29, 0.717) is 6.61 Å². The van der Waals surface area contributed by atoms with Crippen molar-refractivity contribution in [2.75, 3.05) is 32.7 Å². The van der Waals surface area contributed by atoms with Crippen LogP contribution in [0.3, 0.4) is 0 Å². The molecular formula is C21H29N3O. The van der Waals surface area contributed by atoms with Crippen LogP contribution in [0.5, 0.6) is 5.75 Å². The zero-order valence-electron chi connectivity index (χ0n) is 15.4. The highest BCUT2D eigenvalue weighted by Gasteiger charge is 2.17. The van der Waals surface area contributed by atoms with E-state index in [0.717, 1.165) is 37.0 Å². The van der Waals surface area contributed by atoms with Crippen LogP contribution in [0.4, 0.5) is 0 Å². The molecule has 0 amide bonds. The third-order valence-corrected chi connectivity index (χ3v) is 4.53. The van der Waals surface area contributed by atoms with Gasteiger partial charge in [0.25, 0.3) is 0 Å². The predicted molar refractivity (Wildman–Crippen MR) is 102 cm³/mol. The van der Waals surface area contributed by atoms with E-state index in [2.05, 4.69) is 52.9 Å². The SMILES string of the molecule is CC(C)CN1CCN(Cc2ccc(OCc3ccccn3)cc2)CC1. The fourth-order valence-electron chi connectivity index (χ4n) is 3.24. The normalized spacial score (nSPS) is 16.3. The third-order valence-electron chi connectivity index (χ3n) is 4.53. The van der Waals surface area contributed by atoms with E-state index in [1.807, 2.05) is 18.2 Å². The molecule has 0 atom stereocenters. The minimum Gasteiger partial charge on any atom is -0.487 e. The minimum atomic E-state index is 0.512.